The van der Waals surface area contributed by atoms with Crippen molar-refractivity contribution in [3.05, 3.63) is 35.2 Å². The highest BCUT2D eigenvalue weighted by molar-refractivity contribution is 7.91. The first-order valence-corrected chi connectivity index (χ1v) is 8.60. The van der Waals surface area contributed by atoms with Crippen LogP contribution in [0.4, 0.5) is 0 Å². The predicted molar refractivity (Wildman–Crippen MR) is 76.9 cm³/mol. The van der Waals surface area contributed by atoms with E-state index in [0.717, 1.165) is 10.7 Å². The Morgan fingerprint density at radius 3 is 3.05 bits per heavy atom. The van der Waals surface area contributed by atoms with E-state index in [1.807, 2.05) is 23.9 Å². The van der Waals surface area contributed by atoms with Gasteiger partial charge in [-0.1, -0.05) is 0 Å². The van der Waals surface area contributed by atoms with Gasteiger partial charge < -0.3 is 9.88 Å². The maximum Gasteiger partial charge on any atom is 0.253 e. The van der Waals surface area contributed by atoms with Crippen LogP contribution >= 0.6 is 11.3 Å². The molecular formula is C12H16N4O2S2. The van der Waals surface area contributed by atoms with Gasteiger partial charge in [-0.15, -0.1) is 11.3 Å². The summed E-state index contributed by atoms with van der Waals surface area (Å²) in [6.07, 6.45) is 3.59. The number of nitrogens with one attached hydrogen (secondary N) is 1. The minimum atomic E-state index is -3.41. The van der Waals surface area contributed by atoms with Crippen molar-refractivity contribution in [1.82, 2.24) is 19.2 Å². The highest BCUT2D eigenvalue weighted by atomic mass is 32.2. The van der Waals surface area contributed by atoms with Crippen LogP contribution in [0.25, 0.3) is 0 Å². The summed E-state index contributed by atoms with van der Waals surface area (Å²) < 4.78 is 29.1. The minimum absolute atomic E-state index is 0.342. The number of fused-ring (bicyclic) bond motifs is 1. The smallest absolute Gasteiger partial charge is 0.253 e. The number of rotatable bonds is 4. The molecule has 0 unspecified atom stereocenters. The molecule has 0 spiro atoms. The van der Waals surface area contributed by atoms with Crippen LogP contribution in [0.1, 0.15) is 10.7 Å². The monoisotopic (exact) mass is 312 g/mol. The molecule has 1 aliphatic heterocycles. The van der Waals surface area contributed by atoms with Gasteiger partial charge in [0.1, 0.15) is 10.0 Å². The van der Waals surface area contributed by atoms with Gasteiger partial charge in [0.05, 0.1) is 6.54 Å². The van der Waals surface area contributed by atoms with Crippen LogP contribution < -0.4 is 5.32 Å². The SMILES string of the molecule is CNCc1ccc(S(=O)(=O)N2CCn3ccnc3C2)s1. The Labute approximate surface area is 122 Å². The lowest BCUT2D eigenvalue weighted by Gasteiger charge is -2.26. The van der Waals surface area contributed by atoms with Gasteiger partial charge in [0, 0.05) is 36.9 Å². The molecule has 0 aromatic carbocycles. The third-order valence-corrected chi connectivity index (χ3v) is 6.69. The quantitative estimate of drug-likeness (QED) is 0.909. The Hall–Kier alpha value is -1.22. The van der Waals surface area contributed by atoms with Crippen LogP contribution in [0.15, 0.2) is 28.7 Å². The molecule has 0 fully saturated rings. The Bertz CT molecular complexity index is 705. The lowest BCUT2D eigenvalue weighted by Crippen LogP contribution is -2.37. The van der Waals surface area contributed by atoms with Crippen molar-refractivity contribution in [3.8, 4) is 0 Å². The first-order valence-electron chi connectivity index (χ1n) is 6.35. The van der Waals surface area contributed by atoms with Crippen molar-refractivity contribution in [2.24, 2.45) is 0 Å². The highest BCUT2D eigenvalue weighted by Gasteiger charge is 2.29. The number of sulfonamides is 1. The molecule has 2 aromatic heterocycles. The van der Waals surface area contributed by atoms with Gasteiger partial charge >= 0.3 is 0 Å². The summed E-state index contributed by atoms with van der Waals surface area (Å²) in [4.78, 5) is 5.22. The number of thiophene rings is 1. The third kappa shape index (κ3) is 2.39. The van der Waals surface area contributed by atoms with E-state index in [1.165, 1.54) is 15.6 Å². The van der Waals surface area contributed by atoms with E-state index in [0.29, 0.717) is 30.4 Å². The van der Waals surface area contributed by atoms with Crippen LogP contribution in [0.2, 0.25) is 0 Å². The summed E-state index contributed by atoms with van der Waals surface area (Å²) in [6.45, 7) is 2.17. The zero-order valence-corrected chi connectivity index (χ0v) is 12.7. The van der Waals surface area contributed by atoms with Crippen LogP contribution in [-0.2, 0) is 29.7 Å². The normalized spacial score (nSPS) is 16.2. The first kappa shape index (κ1) is 13.7. The molecule has 8 heteroatoms. The second kappa shape index (κ2) is 5.28. The van der Waals surface area contributed by atoms with Gasteiger partial charge in [-0.25, -0.2) is 13.4 Å². The van der Waals surface area contributed by atoms with E-state index in [4.69, 9.17) is 0 Å². The molecule has 0 saturated heterocycles. The summed E-state index contributed by atoms with van der Waals surface area (Å²) in [5, 5.41) is 3.03. The lowest BCUT2D eigenvalue weighted by molar-refractivity contribution is 0.336. The average Bonchev–Trinajstić information content (AvgIpc) is 3.06. The van der Waals surface area contributed by atoms with Gasteiger partial charge in [0.2, 0.25) is 0 Å². The number of nitrogens with zero attached hydrogens (tertiary/aromatic N) is 3. The molecule has 3 rings (SSSR count). The molecule has 2 aromatic rings. The van der Waals surface area contributed by atoms with Crippen molar-refractivity contribution in [1.29, 1.82) is 0 Å². The second-order valence-corrected chi connectivity index (χ2v) is 7.96. The Morgan fingerprint density at radius 1 is 1.40 bits per heavy atom. The molecule has 0 radical (unpaired) electrons. The molecule has 1 N–H and O–H groups in total. The summed E-state index contributed by atoms with van der Waals surface area (Å²) in [5.74, 6) is 0.798. The van der Waals surface area contributed by atoms with Crippen LogP contribution in [0.3, 0.4) is 0 Å². The van der Waals surface area contributed by atoms with Crippen molar-refractivity contribution >= 4 is 21.4 Å². The zero-order valence-electron chi connectivity index (χ0n) is 11.1. The first-order chi connectivity index (χ1) is 9.61. The second-order valence-electron chi connectivity index (χ2n) is 4.63. The molecule has 0 atom stereocenters. The van der Waals surface area contributed by atoms with Gasteiger partial charge in [0.15, 0.2) is 0 Å². The fourth-order valence-electron chi connectivity index (χ4n) is 2.25. The topological polar surface area (TPSA) is 67.2 Å². The molecule has 20 heavy (non-hydrogen) atoms. The molecule has 108 valence electrons. The van der Waals surface area contributed by atoms with Gasteiger partial charge in [-0.2, -0.15) is 4.31 Å². The van der Waals surface area contributed by atoms with Crippen LogP contribution in [0.5, 0.6) is 0 Å². The number of imidazole rings is 1. The summed E-state index contributed by atoms with van der Waals surface area (Å²) in [5.41, 5.74) is 0. The van der Waals surface area contributed by atoms with E-state index < -0.39 is 10.0 Å². The molecule has 3 heterocycles. The van der Waals surface area contributed by atoms with Gasteiger partial charge in [-0.3, -0.25) is 0 Å². The molecule has 0 saturated carbocycles. The van der Waals surface area contributed by atoms with Crippen molar-refractivity contribution < 1.29 is 8.42 Å². The number of aromatic nitrogens is 2. The summed E-state index contributed by atoms with van der Waals surface area (Å²) in [6, 6.07) is 3.55. The van der Waals surface area contributed by atoms with E-state index in [1.54, 1.807) is 12.3 Å². The molecular weight excluding hydrogens is 296 g/mol. The summed E-state index contributed by atoms with van der Waals surface area (Å²) >= 11 is 1.32. The van der Waals surface area contributed by atoms with E-state index in [-0.39, 0.29) is 0 Å². The fraction of sp³-hybridized carbons (Fsp3) is 0.417. The predicted octanol–water partition coefficient (Wildman–Crippen LogP) is 0.868. The maximum atomic E-state index is 12.6. The average molecular weight is 312 g/mol. The summed E-state index contributed by atoms with van der Waals surface area (Å²) in [7, 11) is -1.56. The molecule has 0 aliphatic carbocycles. The lowest BCUT2D eigenvalue weighted by atomic mass is 10.4. The Kier molecular flexibility index (Phi) is 3.63. The number of hydrogen-bond donors (Lipinski definition) is 1. The zero-order chi connectivity index (χ0) is 14.2. The standard InChI is InChI=1S/C12H16N4O2S2/c1-13-8-10-2-3-12(19-10)20(17,18)16-7-6-15-5-4-14-11(15)9-16/h2-5,13H,6-9H2,1H3. The van der Waals surface area contributed by atoms with Crippen molar-refractivity contribution in [2.75, 3.05) is 13.6 Å². The highest BCUT2D eigenvalue weighted by Crippen LogP contribution is 2.27. The largest absolute Gasteiger partial charge is 0.333 e. The van der Waals surface area contributed by atoms with Crippen molar-refractivity contribution in [2.45, 2.75) is 23.8 Å². The fourth-order valence-corrected chi connectivity index (χ4v) is 5.16. The van der Waals surface area contributed by atoms with Crippen LogP contribution in [-0.4, -0.2) is 35.9 Å². The van der Waals surface area contributed by atoms with Crippen LogP contribution in [0, 0.1) is 0 Å². The van der Waals surface area contributed by atoms with Gasteiger partial charge in [0.25, 0.3) is 10.0 Å². The molecule has 6 nitrogen and oxygen atoms in total. The van der Waals surface area contributed by atoms with E-state index in [9.17, 15) is 8.42 Å². The van der Waals surface area contributed by atoms with E-state index >= 15 is 0 Å². The van der Waals surface area contributed by atoms with Crippen molar-refractivity contribution in [3.63, 3.8) is 0 Å². The molecule has 0 amide bonds. The maximum absolute atomic E-state index is 12.6. The number of hydrogen-bond acceptors (Lipinski definition) is 5. The van der Waals surface area contributed by atoms with Gasteiger partial charge in [-0.05, 0) is 19.2 Å². The third-order valence-electron chi connectivity index (χ3n) is 3.29. The Morgan fingerprint density at radius 2 is 2.25 bits per heavy atom. The Balaban J connectivity index is 1.85. The molecule has 1 aliphatic rings. The minimum Gasteiger partial charge on any atom is -0.333 e. The molecule has 0 bridgehead atoms. The van der Waals surface area contributed by atoms with E-state index in [2.05, 4.69) is 10.3 Å².